The van der Waals surface area contributed by atoms with E-state index in [-0.39, 0.29) is 6.04 Å². The molecule has 18 heavy (non-hydrogen) atoms. The van der Waals surface area contributed by atoms with Crippen molar-refractivity contribution in [3.05, 3.63) is 52.8 Å². The Kier molecular flexibility index (Phi) is 3.58. The fourth-order valence-corrected chi connectivity index (χ4v) is 1.74. The molecule has 2 N–H and O–H groups in total. The number of ether oxygens (including phenoxy) is 1. The number of rotatable bonds is 3. The lowest BCUT2D eigenvalue weighted by Gasteiger charge is -2.13. The fourth-order valence-electron chi connectivity index (χ4n) is 1.74. The standard InChI is InChI=1S/C14H17N3O/c1-9-4-5-11(6-10(9)2)13(15)12-7-16-14(18-3)17-8-12/h4-8,13H,15H2,1-3H3. The molecule has 0 saturated carbocycles. The molecule has 0 bridgehead atoms. The van der Waals surface area contributed by atoms with Crippen LogP contribution < -0.4 is 10.5 Å². The molecule has 1 aromatic carbocycles. The van der Waals surface area contributed by atoms with Crippen LogP contribution in [0, 0.1) is 13.8 Å². The monoisotopic (exact) mass is 243 g/mol. The van der Waals surface area contributed by atoms with Crippen LogP contribution in [-0.2, 0) is 0 Å². The Morgan fingerprint density at radius 3 is 2.28 bits per heavy atom. The van der Waals surface area contributed by atoms with Gasteiger partial charge < -0.3 is 10.5 Å². The molecule has 0 saturated heterocycles. The van der Waals surface area contributed by atoms with Gasteiger partial charge in [-0.15, -0.1) is 0 Å². The van der Waals surface area contributed by atoms with Crippen molar-refractivity contribution in [1.29, 1.82) is 0 Å². The summed E-state index contributed by atoms with van der Waals surface area (Å²) in [6.07, 6.45) is 3.40. The van der Waals surface area contributed by atoms with E-state index in [2.05, 4.69) is 35.9 Å². The minimum absolute atomic E-state index is 0.213. The van der Waals surface area contributed by atoms with Gasteiger partial charge in [-0.1, -0.05) is 18.2 Å². The average molecular weight is 243 g/mol. The second kappa shape index (κ2) is 5.14. The van der Waals surface area contributed by atoms with Gasteiger partial charge in [-0.25, -0.2) is 9.97 Å². The lowest BCUT2D eigenvalue weighted by molar-refractivity contribution is 0.379. The fraction of sp³-hybridized carbons (Fsp3) is 0.286. The molecule has 0 aliphatic rings. The summed E-state index contributed by atoms with van der Waals surface area (Å²) in [6.45, 7) is 4.16. The van der Waals surface area contributed by atoms with Crippen LogP contribution in [0.5, 0.6) is 6.01 Å². The minimum atomic E-state index is -0.213. The first-order valence-corrected chi connectivity index (χ1v) is 5.80. The molecule has 0 spiro atoms. The summed E-state index contributed by atoms with van der Waals surface area (Å²) in [5.41, 5.74) is 10.6. The second-order valence-electron chi connectivity index (χ2n) is 4.32. The third kappa shape index (κ3) is 2.49. The molecule has 0 amide bonds. The van der Waals surface area contributed by atoms with E-state index in [9.17, 15) is 0 Å². The van der Waals surface area contributed by atoms with Gasteiger partial charge in [0.25, 0.3) is 0 Å². The van der Waals surface area contributed by atoms with E-state index in [1.165, 1.54) is 18.2 Å². The predicted molar refractivity (Wildman–Crippen MR) is 70.5 cm³/mol. The maximum absolute atomic E-state index is 6.21. The normalized spacial score (nSPS) is 12.2. The number of aryl methyl sites for hydroxylation is 2. The van der Waals surface area contributed by atoms with Crippen molar-refractivity contribution >= 4 is 0 Å². The van der Waals surface area contributed by atoms with Crippen molar-refractivity contribution in [3.63, 3.8) is 0 Å². The molecule has 94 valence electrons. The molecule has 1 unspecified atom stereocenters. The first-order chi connectivity index (χ1) is 8.61. The molecule has 1 atom stereocenters. The van der Waals surface area contributed by atoms with Crippen LogP contribution in [0.1, 0.15) is 28.3 Å². The number of methoxy groups -OCH3 is 1. The summed E-state index contributed by atoms with van der Waals surface area (Å²) in [4.78, 5) is 8.14. The number of aromatic nitrogens is 2. The molecule has 2 aromatic rings. The highest BCUT2D eigenvalue weighted by Gasteiger charge is 2.11. The summed E-state index contributed by atoms with van der Waals surface area (Å²) in [5, 5.41) is 0. The summed E-state index contributed by atoms with van der Waals surface area (Å²) in [7, 11) is 1.54. The van der Waals surface area contributed by atoms with Gasteiger partial charge in [0.2, 0.25) is 0 Å². The average Bonchev–Trinajstić information content (AvgIpc) is 2.41. The molecule has 0 aliphatic carbocycles. The SMILES string of the molecule is COc1ncc(C(N)c2ccc(C)c(C)c2)cn1. The topological polar surface area (TPSA) is 61.0 Å². The van der Waals surface area contributed by atoms with E-state index in [1.807, 2.05) is 6.07 Å². The van der Waals surface area contributed by atoms with Crippen LogP contribution in [-0.4, -0.2) is 17.1 Å². The van der Waals surface area contributed by atoms with E-state index in [4.69, 9.17) is 10.5 Å². The lowest BCUT2D eigenvalue weighted by atomic mass is 9.98. The Hall–Kier alpha value is -1.94. The van der Waals surface area contributed by atoms with Gasteiger partial charge in [0.15, 0.2) is 0 Å². The first kappa shape index (κ1) is 12.5. The molecule has 1 heterocycles. The summed E-state index contributed by atoms with van der Waals surface area (Å²) >= 11 is 0. The molecule has 4 nitrogen and oxygen atoms in total. The third-order valence-electron chi connectivity index (χ3n) is 3.08. The van der Waals surface area contributed by atoms with Crippen molar-refractivity contribution < 1.29 is 4.74 Å². The second-order valence-corrected chi connectivity index (χ2v) is 4.32. The number of benzene rings is 1. The Bertz CT molecular complexity index is 537. The molecule has 0 fully saturated rings. The van der Waals surface area contributed by atoms with Gasteiger partial charge in [-0.3, -0.25) is 0 Å². The van der Waals surface area contributed by atoms with Crippen LogP contribution >= 0.6 is 0 Å². The van der Waals surface area contributed by atoms with Crippen LogP contribution in [0.15, 0.2) is 30.6 Å². The van der Waals surface area contributed by atoms with Gasteiger partial charge in [-0.2, -0.15) is 0 Å². The Labute approximate surface area is 107 Å². The summed E-state index contributed by atoms with van der Waals surface area (Å²) < 4.78 is 4.93. The maximum Gasteiger partial charge on any atom is 0.316 e. The molecule has 1 aromatic heterocycles. The molecular weight excluding hydrogens is 226 g/mol. The summed E-state index contributed by atoms with van der Waals surface area (Å²) in [6, 6.07) is 6.36. The van der Waals surface area contributed by atoms with Gasteiger partial charge >= 0.3 is 6.01 Å². The predicted octanol–water partition coefficient (Wildman–Crippen LogP) is 2.15. The van der Waals surface area contributed by atoms with Crippen molar-refractivity contribution in [2.24, 2.45) is 5.73 Å². The van der Waals surface area contributed by atoms with Crippen LogP contribution in [0.2, 0.25) is 0 Å². The van der Waals surface area contributed by atoms with Crippen molar-refractivity contribution in [2.75, 3.05) is 7.11 Å². The van der Waals surface area contributed by atoms with Crippen molar-refractivity contribution in [2.45, 2.75) is 19.9 Å². The maximum atomic E-state index is 6.21. The molecular formula is C14H17N3O. The number of nitrogens with zero attached hydrogens (tertiary/aromatic N) is 2. The van der Waals surface area contributed by atoms with Gasteiger partial charge in [0.05, 0.1) is 13.2 Å². The van der Waals surface area contributed by atoms with Crippen molar-refractivity contribution in [1.82, 2.24) is 9.97 Å². The minimum Gasteiger partial charge on any atom is -0.467 e. The Morgan fingerprint density at radius 1 is 1.06 bits per heavy atom. The molecule has 4 heteroatoms. The zero-order chi connectivity index (χ0) is 13.1. The quantitative estimate of drug-likeness (QED) is 0.897. The van der Waals surface area contributed by atoms with Gasteiger partial charge in [-0.05, 0) is 30.5 Å². The summed E-state index contributed by atoms with van der Waals surface area (Å²) in [5.74, 6) is 0. The highest BCUT2D eigenvalue weighted by Crippen LogP contribution is 2.21. The lowest BCUT2D eigenvalue weighted by Crippen LogP contribution is -2.13. The van der Waals surface area contributed by atoms with E-state index < -0.39 is 0 Å². The van der Waals surface area contributed by atoms with Crippen molar-refractivity contribution in [3.8, 4) is 6.01 Å². The zero-order valence-electron chi connectivity index (χ0n) is 10.8. The number of nitrogens with two attached hydrogens (primary N) is 1. The van der Waals surface area contributed by atoms with Gasteiger partial charge in [0, 0.05) is 18.0 Å². The molecule has 0 aliphatic heterocycles. The van der Waals surface area contributed by atoms with Gasteiger partial charge in [0.1, 0.15) is 0 Å². The van der Waals surface area contributed by atoms with E-state index in [1.54, 1.807) is 12.4 Å². The molecule has 0 radical (unpaired) electrons. The Morgan fingerprint density at radius 2 is 1.72 bits per heavy atom. The Balaban J connectivity index is 2.28. The molecule has 2 rings (SSSR count). The van der Waals surface area contributed by atoms with Crippen LogP contribution in [0.25, 0.3) is 0 Å². The number of hydrogen-bond acceptors (Lipinski definition) is 4. The van der Waals surface area contributed by atoms with E-state index in [0.29, 0.717) is 6.01 Å². The zero-order valence-corrected chi connectivity index (χ0v) is 10.8. The van der Waals surface area contributed by atoms with Crippen LogP contribution in [0.4, 0.5) is 0 Å². The number of hydrogen-bond donors (Lipinski definition) is 1. The third-order valence-corrected chi connectivity index (χ3v) is 3.08. The highest BCUT2D eigenvalue weighted by atomic mass is 16.5. The van der Waals surface area contributed by atoms with E-state index >= 15 is 0 Å². The van der Waals surface area contributed by atoms with Crippen LogP contribution in [0.3, 0.4) is 0 Å². The first-order valence-electron chi connectivity index (χ1n) is 5.80. The largest absolute Gasteiger partial charge is 0.467 e. The highest BCUT2D eigenvalue weighted by molar-refractivity contribution is 5.35. The van der Waals surface area contributed by atoms with E-state index in [0.717, 1.165) is 11.1 Å². The smallest absolute Gasteiger partial charge is 0.316 e.